The van der Waals surface area contributed by atoms with Gasteiger partial charge in [-0.3, -0.25) is 88.0 Å². The molecular weight excluding hydrogens is 2030 g/mol. The second-order valence-electron chi connectivity index (χ2n) is 28.6. The number of aryl methyl sites for hydroxylation is 1. The van der Waals surface area contributed by atoms with Crippen LogP contribution in [0.2, 0.25) is 0 Å². The minimum Gasteiger partial charge on any atom is -0.691 e. The van der Waals surface area contributed by atoms with Gasteiger partial charge in [-0.1, -0.05) is 136 Å². The van der Waals surface area contributed by atoms with Crippen LogP contribution in [0.4, 0.5) is 78.5 Å². The number of hydroxylamine groups is 8. The first-order valence-corrected chi connectivity index (χ1v) is 47.9. The van der Waals surface area contributed by atoms with Gasteiger partial charge in [-0.15, -0.1) is 16.4 Å². The summed E-state index contributed by atoms with van der Waals surface area (Å²) in [6, 6.07) is 65.4. The molecule has 0 atom stereocenters. The molecule has 756 valence electrons. The monoisotopic (exact) mass is 2130 g/mol. The number of H-pyrrole nitrogens is 2. The number of nitrogens with zero attached hydrogens (tertiary/aromatic N) is 22. The van der Waals surface area contributed by atoms with Crippen LogP contribution in [0.3, 0.4) is 0 Å². The number of thiazole rings is 5. The molecule has 0 aliphatic rings. The van der Waals surface area contributed by atoms with Crippen LogP contribution in [-0.2, 0) is 31.2 Å². The van der Waals surface area contributed by atoms with Crippen molar-refractivity contribution in [1.82, 2.24) is 79.6 Å². The number of fused-ring (bicyclic) bond motifs is 9. The van der Waals surface area contributed by atoms with Crippen molar-refractivity contribution in [3.8, 4) is 0 Å². The van der Waals surface area contributed by atoms with Crippen molar-refractivity contribution in [2.24, 2.45) is 7.05 Å². The number of rotatable bonds is 18. The number of anilines is 14. The number of pyridine rings is 1. The van der Waals surface area contributed by atoms with E-state index >= 15 is 0 Å². The quantitative estimate of drug-likeness (QED) is 0.0164. The van der Waals surface area contributed by atoms with E-state index in [1.54, 1.807) is 106 Å². The molecule has 0 saturated heterocycles. The molecule has 0 aliphatic carbocycles. The molecule has 58 heteroatoms. The summed E-state index contributed by atoms with van der Waals surface area (Å²) in [5, 5.41) is 144. The van der Waals surface area contributed by atoms with Crippen LogP contribution in [0.25, 0.3) is 95.7 Å². The van der Waals surface area contributed by atoms with Crippen molar-refractivity contribution >= 4 is 259 Å². The fraction of sp³-hybridized carbons (Fsp3) is 0.126. The number of imidazole rings is 3. The van der Waals surface area contributed by atoms with Gasteiger partial charge in [0.25, 0.3) is 0 Å². The third-order valence-corrected chi connectivity index (χ3v) is 24.2. The van der Waals surface area contributed by atoms with Crippen LogP contribution in [0, 0.1) is 0 Å². The number of para-hydroxylation sites is 8. The Balaban J connectivity index is 0.000000177. The van der Waals surface area contributed by atoms with Crippen LogP contribution in [0.1, 0.15) is 6.92 Å². The van der Waals surface area contributed by atoms with E-state index in [1.165, 1.54) is 111 Å². The molecule has 0 fully saturated rings. The molecule has 1 amide bonds. The van der Waals surface area contributed by atoms with Gasteiger partial charge in [0.2, 0.25) is 59.4 Å². The van der Waals surface area contributed by atoms with Gasteiger partial charge >= 0.3 is 41.6 Å². The maximum absolute atomic E-state index is 11.1. The number of nitrogens with one attached hydrogen (secondary N) is 8. The molecule has 21 rings (SSSR count). The number of carbonyl (C=O) groups is 1. The molecule has 12 heterocycles. The molecule has 0 unspecified atom stereocenters. The Morgan fingerprint density at radius 3 is 1.54 bits per heavy atom. The molecule has 50 nitrogen and oxygen atoms in total. The predicted octanol–water partition coefficient (Wildman–Crippen LogP) is 13.6. The van der Waals surface area contributed by atoms with Gasteiger partial charge in [-0.05, 0) is 121 Å². The summed E-state index contributed by atoms with van der Waals surface area (Å²) in [5.41, 5.74) is 17.9. The van der Waals surface area contributed by atoms with E-state index in [0.717, 1.165) is 149 Å². The van der Waals surface area contributed by atoms with E-state index < -0.39 is 10.0 Å². The Morgan fingerprint density at radius 2 is 1.03 bits per heavy atom. The standard InChI is InChI=1S/C10H11N3O2S.C9H11N3O3S2.C9H11N3O.C9H8N2O.C8H9N3O.C8H7N3O.C8H8N2O4S2.C8H8N2OS.C7H6N2O2.C4H7N3O.C4H6N2OS.C3H4N2O2.Na/c1-6(14)11-7-3-4-8-9(5-7)16-10(12-8)13(2)15;1-12(13)9-10-7-4-3-6(5-8(7)16-9)11-17(2,14)15;1-11-8-6-4-3-5-7(8)10-9(11)12(2)13;12-11-9-6-5-7-3-1-2-4-8(7)10-9;1-11(12)8-9-6-4-2-3-5-7(6)10-8;12-11-8-7-4-2-1-3-6(7)5-9-10-8;1-10(11)8-9-6-4-5(16-14-13-12)2-3-7(6)15-8;1-10(11)8-9-6-4-2-3-5-7(6)12-8;10-9-7-8-5-3-1-2-4-6(5)11-7;1-7(8)4-5-2-3-6-4;1-6(7)4-5-2-3-8-4;6-5-3-4-1-2-7-3;/h3-5,15H,1-2H3,(H,11,14);3-5,11,13H,1-2H3;3-6,13H,1-2H3;1-6,12H,(H,10,11);2-5,12H,1H3,(H,9,10);1-5,12H,(H,10,11);2-4,11-12H,1H3;2-5,11H,1H3;1-4,10H,(H,8,9);2-3,8H,1H3,(H,5,6);2-3,7H,1H3;1-2,6H,(H,4,5);/q;;;;;;;;;;;;+1/p-1. The van der Waals surface area contributed by atoms with E-state index in [2.05, 4.69) is 98.8 Å². The van der Waals surface area contributed by atoms with Crippen LogP contribution in [0.15, 0.2) is 269 Å². The fourth-order valence-electron chi connectivity index (χ4n) is 11.6. The summed E-state index contributed by atoms with van der Waals surface area (Å²) in [7, 11) is 10.8. The van der Waals surface area contributed by atoms with E-state index in [-0.39, 0.29) is 47.5 Å². The molecule has 12 aromatic heterocycles. The number of hydrogen-bond donors (Lipinski definition) is 20. The SMILES string of the molecule is CC(=O)Nc1ccc2nc(N(C)O)sc2c1.CN(O)c1nc2cc(SOO[O-])ccc2s1.CN(O)c1nc2ccc(NS(C)(=O)=O)cc2s1.CN(O)c1nc2ccccc2[nH]1.CN(O)c1nc2ccccc2n1C.CN(O)c1nc2ccccc2s1.CN(O)c1ncc[nH]1.CN(O)c1nccs1.ONc1ccc2ccccc2n1.ONc1nc2ccccc2o1.ONc1ncco1.ONc1nncc2ccccc12.[Na+]. The zero-order valence-electron chi connectivity index (χ0n) is 78.6. The summed E-state index contributed by atoms with van der Waals surface area (Å²) in [6.45, 7) is 1.46. The van der Waals surface area contributed by atoms with E-state index in [1.807, 2.05) is 191 Å². The number of oxazole rings is 2. The number of amides is 1. The number of hydrogen-bond acceptors (Lipinski definition) is 51. The maximum Gasteiger partial charge on any atom is 1.00 e. The average molecular weight is 2130 g/mol. The van der Waals surface area contributed by atoms with E-state index in [9.17, 15) is 39.3 Å². The fourth-order valence-corrected chi connectivity index (χ4v) is 16.4. The average Bonchev–Trinajstić information content (AvgIpc) is 1.66. The minimum atomic E-state index is -3.28. The van der Waals surface area contributed by atoms with Gasteiger partial charge < -0.3 is 33.9 Å². The first-order chi connectivity index (χ1) is 69.1. The number of aromatic amines is 2. The predicted molar refractivity (Wildman–Crippen MR) is 552 cm³/mol. The summed E-state index contributed by atoms with van der Waals surface area (Å²) >= 11 is 7.67. The first kappa shape index (κ1) is 114. The number of aromatic nitrogens is 16. The Bertz CT molecular complexity index is 7390. The maximum atomic E-state index is 11.1. The Hall–Kier alpha value is -14.7. The zero-order valence-corrected chi connectivity index (χ0v) is 86.3. The Kier molecular flexibility index (Phi) is 44.8. The van der Waals surface area contributed by atoms with Gasteiger partial charge in [0, 0.05) is 121 Å². The smallest absolute Gasteiger partial charge is 0.691 e. The van der Waals surface area contributed by atoms with Crippen molar-refractivity contribution in [2.75, 3.05) is 135 Å². The van der Waals surface area contributed by atoms with Crippen molar-refractivity contribution in [2.45, 2.75) is 11.8 Å². The van der Waals surface area contributed by atoms with Gasteiger partial charge in [0.1, 0.15) is 17.6 Å². The molecule has 0 saturated carbocycles. The Morgan fingerprint density at radius 1 is 0.483 bits per heavy atom. The summed E-state index contributed by atoms with van der Waals surface area (Å²) < 4.78 is 43.9. The largest absolute Gasteiger partial charge is 1.00 e. The molecule has 21 aromatic rings. The van der Waals surface area contributed by atoms with Gasteiger partial charge in [-0.2, -0.15) is 14.4 Å². The topological polar surface area (TPSA) is 664 Å². The molecular formula is C87H95N30NaO20S7. The Labute approximate surface area is 869 Å². The summed E-state index contributed by atoms with van der Waals surface area (Å²) in [5.74, 6) is 2.19. The first-order valence-electron chi connectivity index (χ1n) is 41.2. The van der Waals surface area contributed by atoms with E-state index in [0.29, 0.717) is 76.8 Å². The molecule has 145 heavy (non-hydrogen) atoms. The molecule has 0 aliphatic heterocycles. The van der Waals surface area contributed by atoms with Crippen LogP contribution < -0.4 is 107 Å². The normalized spacial score (nSPS) is 10.3. The van der Waals surface area contributed by atoms with Gasteiger partial charge in [-0.25, -0.2) is 110 Å². The molecule has 0 bridgehead atoms. The van der Waals surface area contributed by atoms with Gasteiger partial charge in [0.15, 0.2) is 11.4 Å². The third kappa shape index (κ3) is 35.4. The number of benzene rings is 9. The van der Waals surface area contributed by atoms with Crippen LogP contribution >= 0.6 is 68.7 Å². The number of carbonyl (C=O) groups excluding carboxylic acids is 1. The minimum absolute atomic E-state index is 0. The molecule has 0 radical (unpaired) electrons. The molecule has 20 N–H and O–H groups in total. The van der Waals surface area contributed by atoms with Crippen molar-refractivity contribution in [1.29, 1.82) is 0 Å². The molecule has 9 aromatic carbocycles. The second-order valence-corrected chi connectivity index (χ2v) is 36.0. The zero-order chi connectivity index (χ0) is 104. The summed E-state index contributed by atoms with van der Waals surface area (Å²) in [4.78, 5) is 61.5. The van der Waals surface area contributed by atoms with Crippen molar-refractivity contribution < 1.29 is 129 Å². The number of sulfonamides is 1. The molecule has 0 spiro atoms. The van der Waals surface area contributed by atoms with Crippen LogP contribution in [-0.4, -0.2) is 219 Å². The second kappa shape index (κ2) is 57.0. The summed E-state index contributed by atoms with van der Waals surface area (Å²) in [6.07, 6.45) is 10.4. The van der Waals surface area contributed by atoms with Gasteiger partial charge in [0.05, 0.1) is 105 Å². The van der Waals surface area contributed by atoms with Crippen molar-refractivity contribution in [3.63, 3.8) is 0 Å². The third-order valence-electron chi connectivity index (χ3n) is 17.8. The van der Waals surface area contributed by atoms with Crippen LogP contribution in [0.5, 0.6) is 0 Å². The van der Waals surface area contributed by atoms with E-state index in [4.69, 9.17) is 46.1 Å². The van der Waals surface area contributed by atoms with Crippen molar-refractivity contribution in [3.05, 3.63) is 255 Å².